The van der Waals surface area contributed by atoms with Crippen LogP contribution in [0.25, 0.3) is 0 Å². The SMILES string of the molecule is CC(C)C(C)(CCCc1ccccc1)CNC(C)(C)C. The largest absolute Gasteiger partial charge is 0.312 e. The van der Waals surface area contributed by atoms with E-state index < -0.39 is 0 Å². The molecule has 0 aliphatic carbocycles. The van der Waals surface area contributed by atoms with Crippen LogP contribution in [0.15, 0.2) is 30.3 Å². The highest BCUT2D eigenvalue weighted by molar-refractivity contribution is 5.14. The molecule has 1 N–H and O–H groups in total. The molecule has 1 aromatic rings. The average Bonchev–Trinajstić information content (AvgIpc) is 2.37. The van der Waals surface area contributed by atoms with E-state index in [2.05, 4.69) is 77.2 Å². The summed E-state index contributed by atoms with van der Waals surface area (Å²) >= 11 is 0. The lowest BCUT2D eigenvalue weighted by molar-refractivity contribution is 0.170. The van der Waals surface area contributed by atoms with Crippen LogP contribution in [0.4, 0.5) is 0 Å². The third-order valence-electron chi connectivity index (χ3n) is 4.47. The van der Waals surface area contributed by atoms with E-state index in [4.69, 9.17) is 0 Å². The van der Waals surface area contributed by atoms with Gasteiger partial charge in [-0.1, -0.05) is 51.1 Å². The summed E-state index contributed by atoms with van der Waals surface area (Å²) in [6.45, 7) is 15.0. The summed E-state index contributed by atoms with van der Waals surface area (Å²) in [6.07, 6.45) is 3.74. The van der Waals surface area contributed by atoms with Gasteiger partial charge in [0.25, 0.3) is 0 Å². The van der Waals surface area contributed by atoms with Crippen LogP contribution < -0.4 is 5.32 Å². The second-order valence-electron chi connectivity index (χ2n) is 7.75. The summed E-state index contributed by atoms with van der Waals surface area (Å²) in [6, 6.07) is 10.8. The smallest absolute Gasteiger partial charge is 0.00967 e. The molecule has 0 radical (unpaired) electrons. The fourth-order valence-electron chi connectivity index (χ4n) is 2.39. The third-order valence-corrected chi connectivity index (χ3v) is 4.47. The van der Waals surface area contributed by atoms with E-state index in [1.54, 1.807) is 0 Å². The number of hydrogen-bond acceptors (Lipinski definition) is 1. The van der Waals surface area contributed by atoms with Gasteiger partial charge in [-0.15, -0.1) is 0 Å². The van der Waals surface area contributed by atoms with E-state index in [0.29, 0.717) is 11.3 Å². The van der Waals surface area contributed by atoms with Crippen LogP contribution in [-0.2, 0) is 6.42 Å². The maximum Gasteiger partial charge on any atom is 0.00967 e. The second kappa shape index (κ2) is 7.26. The van der Waals surface area contributed by atoms with Gasteiger partial charge in [-0.25, -0.2) is 0 Å². The Morgan fingerprint density at radius 2 is 1.60 bits per heavy atom. The lowest BCUT2D eigenvalue weighted by Crippen LogP contribution is -2.44. The Labute approximate surface area is 126 Å². The van der Waals surface area contributed by atoms with Crippen LogP contribution >= 0.6 is 0 Å². The van der Waals surface area contributed by atoms with E-state index in [0.717, 1.165) is 6.54 Å². The molecule has 1 heteroatoms. The number of nitrogens with one attached hydrogen (secondary N) is 1. The third kappa shape index (κ3) is 6.09. The van der Waals surface area contributed by atoms with E-state index in [1.807, 2.05) is 0 Å². The Balaban J connectivity index is 2.50. The molecule has 0 fully saturated rings. The van der Waals surface area contributed by atoms with E-state index in [9.17, 15) is 0 Å². The van der Waals surface area contributed by atoms with Crippen molar-refractivity contribution < 1.29 is 0 Å². The molecule has 0 saturated carbocycles. The van der Waals surface area contributed by atoms with Gasteiger partial charge in [0.2, 0.25) is 0 Å². The summed E-state index contributed by atoms with van der Waals surface area (Å²) < 4.78 is 0. The van der Waals surface area contributed by atoms with Crippen molar-refractivity contribution in [1.82, 2.24) is 5.32 Å². The molecular formula is C19H33N. The Morgan fingerprint density at radius 1 is 1.00 bits per heavy atom. The highest BCUT2D eigenvalue weighted by Gasteiger charge is 2.29. The van der Waals surface area contributed by atoms with Crippen molar-refractivity contribution in [2.75, 3.05) is 6.54 Å². The Hall–Kier alpha value is -0.820. The molecule has 0 aromatic heterocycles. The molecule has 0 bridgehead atoms. The second-order valence-corrected chi connectivity index (χ2v) is 7.75. The molecule has 0 amide bonds. The van der Waals surface area contributed by atoms with Gasteiger partial charge in [-0.2, -0.15) is 0 Å². The topological polar surface area (TPSA) is 12.0 Å². The van der Waals surface area contributed by atoms with Crippen LogP contribution in [0.1, 0.15) is 59.9 Å². The summed E-state index contributed by atoms with van der Waals surface area (Å²) in [5, 5.41) is 3.69. The van der Waals surface area contributed by atoms with Crippen molar-refractivity contribution in [3.8, 4) is 0 Å². The first-order chi connectivity index (χ1) is 9.23. The maximum atomic E-state index is 3.69. The van der Waals surface area contributed by atoms with Crippen molar-refractivity contribution in [3.05, 3.63) is 35.9 Å². The molecule has 1 unspecified atom stereocenters. The standard InChI is InChI=1S/C19H33N/c1-16(2)19(6,15-20-18(3,4)5)14-10-13-17-11-8-7-9-12-17/h7-9,11-12,16,20H,10,13-15H2,1-6H3. The molecule has 1 aromatic carbocycles. The Bertz CT molecular complexity index is 375. The molecule has 20 heavy (non-hydrogen) atoms. The van der Waals surface area contributed by atoms with Crippen molar-refractivity contribution in [3.63, 3.8) is 0 Å². The lowest BCUT2D eigenvalue weighted by atomic mass is 9.74. The molecule has 0 aliphatic heterocycles. The Morgan fingerprint density at radius 3 is 2.10 bits per heavy atom. The highest BCUT2D eigenvalue weighted by atomic mass is 15.0. The summed E-state index contributed by atoms with van der Waals surface area (Å²) in [5.41, 5.74) is 2.04. The number of aryl methyl sites for hydroxylation is 1. The first-order valence-corrected chi connectivity index (χ1v) is 8.02. The average molecular weight is 275 g/mol. The molecule has 0 spiro atoms. The predicted molar refractivity (Wildman–Crippen MR) is 90.1 cm³/mol. The number of hydrogen-bond donors (Lipinski definition) is 1. The first-order valence-electron chi connectivity index (χ1n) is 8.02. The highest BCUT2D eigenvalue weighted by Crippen LogP contribution is 2.32. The molecule has 0 saturated heterocycles. The minimum Gasteiger partial charge on any atom is -0.312 e. The normalized spacial score (nSPS) is 15.3. The molecule has 0 heterocycles. The van der Waals surface area contributed by atoms with Gasteiger partial charge in [0.15, 0.2) is 0 Å². The fourth-order valence-corrected chi connectivity index (χ4v) is 2.39. The van der Waals surface area contributed by atoms with Crippen molar-refractivity contribution in [1.29, 1.82) is 0 Å². The van der Waals surface area contributed by atoms with Crippen LogP contribution in [0, 0.1) is 11.3 Å². The molecule has 114 valence electrons. The van der Waals surface area contributed by atoms with Crippen LogP contribution in [0.2, 0.25) is 0 Å². The van der Waals surface area contributed by atoms with Crippen molar-refractivity contribution in [2.24, 2.45) is 11.3 Å². The molecule has 1 atom stereocenters. The van der Waals surface area contributed by atoms with E-state index in [1.165, 1.54) is 24.8 Å². The first kappa shape index (κ1) is 17.2. The van der Waals surface area contributed by atoms with Gasteiger partial charge in [-0.3, -0.25) is 0 Å². The number of rotatable bonds is 7. The lowest BCUT2D eigenvalue weighted by Gasteiger charge is -2.37. The number of benzene rings is 1. The minimum atomic E-state index is 0.204. The van der Waals surface area contributed by atoms with E-state index in [-0.39, 0.29) is 5.54 Å². The van der Waals surface area contributed by atoms with Crippen molar-refractivity contribution in [2.45, 2.75) is 66.3 Å². The van der Waals surface area contributed by atoms with Gasteiger partial charge in [0, 0.05) is 12.1 Å². The van der Waals surface area contributed by atoms with Gasteiger partial charge in [0.05, 0.1) is 0 Å². The Kier molecular flexibility index (Phi) is 6.26. The zero-order valence-corrected chi connectivity index (χ0v) is 14.3. The summed E-state index contributed by atoms with van der Waals surface area (Å²) in [5.74, 6) is 0.702. The van der Waals surface area contributed by atoms with Crippen LogP contribution in [0.3, 0.4) is 0 Å². The van der Waals surface area contributed by atoms with Gasteiger partial charge >= 0.3 is 0 Å². The van der Waals surface area contributed by atoms with Crippen LogP contribution in [0.5, 0.6) is 0 Å². The summed E-state index contributed by atoms with van der Waals surface area (Å²) in [4.78, 5) is 0. The minimum absolute atomic E-state index is 0.204. The monoisotopic (exact) mass is 275 g/mol. The van der Waals surface area contributed by atoms with Gasteiger partial charge in [0.1, 0.15) is 0 Å². The molecule has 0 aliphatic rings. The van der Waals surface area contributed by atoms with E-state index >= 15 is 0 Å². The fraction of sp³-hybridized carbons (Fsp3) is 0.684. The van der Waals surface area contributed by atoms with Gasteiger partial charge in [-0.05, 0) is 56.9 Å². The predicted octanol–water partition coefficient (Wildman–Crippen LogP) is 5.06. The maximum absolute atomic E-state index is 3.69. The van der Waals surface area contributed by atoms with Gasteiger partial charge < -0.3 is 5.32 Å². The molecule has 1 nitrogen and oxygen atoms in total. The molecule has 1 rings (SSSR count). The summed E-state index contributed by atoms with van der Waals surface area (Å²) in [7, 11) is 0. The molecular weight excluding hydrogens is 242 g/mol. The van der Waals surface area contributed by atoms with Crippen molar-refractivity contribution >= 4 is 0 Å². The van der Waals surface area contributed by atoms with Crippen LogP contribution in [-0.4, -0.2) is 12.1 Å². The zero-order valence-electron chi connectivity index (χ0n) is 14.3. The zero-order chi connectivity index (χ0) is 15.2. The quantitative estimate of drug-likeness (QED) is 0.733.